The van der Waals surface area contributed by atoms with E-state index in [2.05, 4.69) is 36.2 Å². The average molecular weight is 267 g/mol. The second kappa shape index (κ2) is 7.49. The second-order valence-electron chi connectivity index (χ2n) is 4.68. The molecule has 2 nitrogen and oxygen atoms in total. The van der Waals surface area contributed by atoms with Gasteiger partial charge in [-0.15, -0.1) is 0 Å². The largest absolute Gasteiger partial charge is 0.494 e. The number of hydrogen-bond donors (Lipinski definition) is 0. The molecule has 20 heavy (non-hydrogen) atoms. The average Bonchev–Trinajstić information content (AvgIpc) is 2.49. The normalized spacial score (nSPS) is 10.9. The molecule has 0 saturated heterocycles. The van der Waals surface area contributed by atoms with Crippen LogP contribution < -0.4 is 4.74 Å². The van der Waals surface area contributed by atoms with Crippen molar-refractivity contribution in [2.24, 2.45) is 4.99 Å². The van der Waals surface area contributed by atoms with E-state index in [1.807, 2.05) is 37.4 Å². The van der Waals surface area contributed by atoms with Gasteiger partial charge in [0.25, 0.3) is 0 Å². The Labute approximate surface area is 121 Å². The summed E-state index contributed by atoms with van der Waals surface area (Å²) in [6, 6.07) is 16.4. The molecule has 104 valence electrons. The third kappa shape index (κ3) is 4.23. The van der Waals surface area contributed by atoms with Gasteiger partial charge >= 0.3 is 0 Å². The summed E-state index contributed by atoms with van der Waals surface area (Å²) in [6.45, 7) is 4.86. The summed E-state index contributed by atoms with van der Waals surface area (Å²) >= 11 is 0. The molecular weight excluding hydrogens is 246 g/mol. The molecule has 0 aliphatic heterocycles. The zero-order chi connectivity index (χ0) is 14.2. The predicted octanol–water partition coefficient (Wildman–Crippen LogP) is 4.79. The van der Waals surface area contributed by atoms with Crippen LogP contribution in [0.2, 0.25) is 0 Å². The fraction of sp³-hybridized carbons (Fsp3) is 0.278. The molecule has 0 fully saturated rings. The molecule has 0 spiro atoms. The van der Waals surface area contributed by atoms with Crippen LogP contribution in [0.25, 0.3) is 0 Å². The Hall–Kier alpha value is -2.09. The SMILES string of the molecule is CCCc1ccc(C=Nc2ccc(OCC)cc2)cc1. The monoisotopic (exact) mass is 267 g/mol. The van der Waals surface area contributed by atoms with E-state index in [-0.39, 0.29) is 0 Å². The first-order chi connectivity index (χ1) is 9.81. The van der Waals surface area contributed by atoms with Gasteiger partial charge in [0, 0.05) is 6.21 Å². The Kier molecular flexibility index (Phi) is 5.36. The van der Waals surface area contributed by atoms with E-state index in [0.29, 0.717) is 6.61 Å². The molecule has 0 amide bonds. The smallest absolute Gasteiger partial charge is 0.119 e. The molecule has 0 atom stereocenters. The zero-order valence-corrected chi connectivity index (χ0v) is 12.2. The number of nitrogens with zero attached hydrogens (tertiary/aromatic N) is 1. The van der Waals surface area contributed by atoms with Crippen LogP contribution in [0, 0.1) is 0 Å². The van der Waals surface area contributed by atoms with Gasteiger partial charge in [0.1, 0.15) is 5.75 Å². The fourth-order valence-corrected chi connectivity index (χ4v) is 2.00. The van der Waals surface area contributed by atoms with Crippen molar-refractivity contribution in [1.29, 1.82) is 0 Å². The van der Waals surface area contributed by atoms with Gasteiger partial charge in [-0.3, -0.25) is 4.99 Å². The first-order valence-corrected chi connectivity index (χ1v) is 7.17. The summed E-state index contributed by atoms with van der Waals surface area (Å²) in [5.41, 5.74) is 3.44. The first-order valence-electron chi connectivity index (χ1n) is 7.17. The Morgan fingerprint density at radius 1 is 0.950 bits per heavy atom. The van der Waals surface area contributed by atoms with E-state index in [9.17, 15) is 0 Å². The van der Waals surface area contributed by atoms with Crippen LogP contribution in [0.4, 0.5) is 5.69 Å². The molecule has 0 saturated carbocycles. The van der Waals surface area contributed by atoms with Crippen LogP contribution in [-0.4, -0.2) is 12.8 Å². The van der Waals surface area contributed by atoms with Crippen molar-refractivity contribution in [3.05, 3.63) is 59.7 Å². The maximum absolute atomic E-state index is 5.41. The van der Waals surface area contributed by atoms with E-state index in [1.165, 1.54) is 12.0 Å². The Bertz CT molecular complexity index is 489. The van der Waals surface area contributed by atoms with Crippen molar-refractivity contribution in [1.82, 2.24) is 0 Å². The molecule has 2 aromatic rings. The van der Waals surface area contributed by atoms with Gasteiger partial charge < -0.3 is 4.74 Å². The van der Waals surface area contributed by atoms with Crippen LogP contribution in [0.15, 0.2) is 53.5 Å². The second-order valence-corrected chi connectivity index (χ2v) is 4.68. The van der Waals surface area contributed by atoms with E-state index in [4.69, 9.17) is 4.74 Å². The summed E-state index contributed by atoms with van der Waals surface area (Å²) in [4.78, 5) is 4.47. The van der Waals surface area contributed by atoms with Crippen LogP contribution in [0.3, 0.4) is 0 Å². The quantitative estimate of drug-likeness (QED) is 0.690. The number of hydrogen-bond acceptors (Lipinski definition) is 2. The topological polar surface area (TPSA) is 21.6 Å². The zero-order valence-electron chi connectivity index (χ0n) is 12.2. The third-order valence-electron chi connectivity index (χ3n) is 3.03. The van der Waals surface area contributed by atoms with Crippen molar-refractivity contribution in [2.45, 2.75) is 26.7 Å². The van der Waals surface area contributed by atoms with Gasteiger partial charge in [-0.1, -0.05) is 37.6 Å². The number of ether oxygens (including phenoxy) is 1. The van der Waals surface area contributed by atoms with Crippen molar-refractivity contribution in [2.75, 3.05) is 6.61 Å². The lowest BCUT2D eigenvalue weighted by atomic mass is 10.1. The van der Waals surface area contributed by atoms with Gasteiger partial charge in [-0.25, -0.2) is 0 Å². The van der Waals surface area contributed by atoms with Crippen molar-refractivity contribution in [3.8, 4) is 5.75 Å². The lowest BCUT2D eigenvalue weighted by Gasteiger charge is -2.02. The number of benzene rings is 2. The van der Waals surface area contributed by atoms with E-state index < -0.39 is 0 Å². The highest BCUT2D eigenvalue weighted by atomic mass is 16.5. The number of aryl methyl sites for hydroxylation is 1. The number of rotatable bonds is 6. The highest BCUT2D eigenvalue weighted by molar-refractivity contribution is 5.81. The van der Waals surface area contributed by atoms with Gasteiger partial charge in [0.15, 0.2) is 0 Å². The minimum Gasteiger partial charge on any atom is -0.494 e. The van der Waals surface area contributed by atoms with E-state index >= 15 is 0 Å². The minimum atomic E-state index is 0.687. The Morgan fingerprint density at radius 3 is 2.25 bits per heavy atom. The van der Waals surface area contributed by atoms with Crippen molar-refractivity contribution >= 4 is 11.9 Å². The summed E-state index contributed by atoms with van der Waals surface area (Å²) in [7, 11) is 0. The molecule has 0 aliphatic carbocycles. The Balaban J connectivity index is 2.01. The fourth-order valence-electron chi connectivity index (χ4n) is 2.00. The van der Waals surface area contributed by atoms with E-state index in [1.54, 1.807) is 0 Å². The summed E-state index contributed by atoms with van der Waals surface area (Å²) in [5, 5.41) is 0. The van der Waals surface area contributed by atoms with Crippen LogP contribution in [0.1, 0.15) is 31.4 Å². The van der Waals surface area contributed by atoms with Crippen molar-refractivity contribution in [3.63, 3.8) is 0 Å². The van der Waals surface area contributed by atoms with Crippen molar-refractivity contribution < 1.29 is 4.74 Å². The minimum absolute atomic E-state index is 0.687. The standard InChI is InChI=1S/C18H21NO/c1-3-5-15-6-8-16(9-7-15)14-19-17-10-12-18(13-11-17)20-4-2/h6-14H,3-5H2,1-2H3. The molecule has 0 aromatic heterocycles. The predicted molar refractivity (Wildman–Crippen MR) is 85.3 cm³/mol. The highest BCUT2D eigenvalue weighted by Gasteiger charge is 1.94. The lowest BCUT2D eigenvalue weighted by molar-refractivity contribution is 0.340. The Morgan fingerprint density at radius 2 is 1.65 bits per heavy atom. The van der Waals surface area contributed by atoms with Gasteiger partial charge in [0.05, 0.1) is 12.3 Å². The maximum atomic E-state index is 5.41. The van der Waals surface area contributed by atoms with Crippen LogP contribution in [0.5, 0.6) is 5.75 Å². The summed E-state index contributed by atoms with van der Waals surface area (Å²) in [5.74, 6) is 0.885. The molecule has 0 unspecified atom stereocenters. The summed E-state index contributed by atoms with van der Waals surface area (Å²) < 4.78 is 5.41. The van der Waals surface area contributed by atoms with Crippen LogP contribution in [-0.2, 0) is 6.42 Å². The lowest BCUT2D eigenvalue weighted by Crippen LogP contribution is -1.89. The van der Waals surface area contributed by atoms with Crippen LogP contribution >= 0.6 is 0 Å². The third-order valence-corrected chi connectivity index (χ3v) is 3.03. The first kappa shape index (κ1) is 14.3. The highest BCUT2D eigenvalue weighted by Crippen LogP contribution is 2.18. The molecule has 2 rings (SSSR count). The maximum Gasteiger partial charge on any atom is 0.119 e. The molecule has 0 radical (unpaired) electrons. The molecule has 0 heterocycles. The number of aliphatic imine (C=N–C) groups is 1. The van der Waals surface area contributed by atoms with Gasteiger partial charge in [-0.05, 0) is 48.7 Å². The molecule has 0 N–H and O–H groups in total. The van der Waals surface area contributed by atoms with Gasteiger partial charge in [0.2, 0.25) is 0 Å². The molecular formula is C18H21NO. The molecule has 0 bridgehead atoms. The summed E-state index contributed by atoms with van der Waals surface area (Å²) in [6.07, 6.45) is 4.21. The molecule has 0 aliphatic rings. The molecule has 2 heteroatoms. The van der Waals surface area contributed by atoms with E-state index in [0.717, 1.165) is 23.4 Å². The van der Waals surface area contributed by atoms with Gasteiger partial charge in [-0.2, -0.15) is 0 Å². The molecule has 2 aromatic carbocycles.